The lowest BCUT2D eigenvalue weighted by atomic mass is 9.91. The number of rotatable bonds is 5. The minimum absolute atomic E-state index is 0.0878. The normalized spacial score (nSPS) is 18.8. The Morgan fingerprint density at radius 3 is 2.75 bits per heavy atom. The average Bonchev–Trinajstić information content (AvgIpc) is 2.89. The number of carbonyl (C=O) groups is 1. The molecule has 1 heterocycles. The van der Waals surface area contributed by atoms with Gasteiger partial charge in [0.25, 0.3) is 5.91 Å². The number of nitrogens with one attached hydrogen (secondary N) is 1. The Labute approximate surface area is 140 Å². The number of aliphatic hydroxyl groups excluding tert-OH is 1. The maximum atomic E-state index is 13.0. The molecule has 1 aliphatic heterocycles. The number of hydrogen-bond donors (Lipinski definition) is 2. The fourth-order valence-electron chi connectivity index (χ4n) is 3.07. The molecule has 0 bridgehead atoms. The summed E-state index contributed by atoms with van der Waals surface area (Å²) < 4.78 is 19.1. The van der Waals surface area contributed by atoms with E-state index in [9.17, 15) is 9.18 Å². The summed E-state index contributed by atoms with van der Waals surface area (Å²) in [5.74, 6) is 0.315. The summed E-state index contributed by atoms with van der Waals surface area (Å²) in [6.07, 6.45) is 1.34. The summed E-state index contributed by atoms with van der Waals surface area (Å²) in [6, 6.07) is 11.8. The van der Waals surface area contributed by atoms with Crippen LogP contribution < -0.4 is 10.1 Å². The number of benzene rings is 2. The van der Waals surface area contributed by atoms with Gasteiger partial charge in [-0.2, -0.15) is 0 Å². The molecule has 24 heavy (non-hydrogen) atoms. The van der Waals surface area contributed by atoms with Crippen molar-refractivity contribution in [1.29, 1.82) is 0 Å². The van der Waals surface area contributed by atoms with Crippen LogP contribution in [0.25, 0.3) is 0 Å². The lowest BCUT2D eigenvalue weighted by Gasteiger charge is -2.24. The molecule has 0 saturated carbocycles. The van der Waals surface area contributed by atoms with E-state index in [0.717, 1.165) is 16.9 Å². The number of amides is 1. The molecular weight excluding hydrogens is 309 g/mol. The zero-order valence-electron chi connectivity index (χ0n) is 13.5. The Hall–Kier alpha value is -2.40. The van der Waals surface area contributed by atoms with E-state index >= 15 is 0 Å². The summed E-state index contributed by atoms with van der Waals surface area (Å²) in [4.78, 5) is 12.0. The molecule has 2 aromatic rings. The lowest BCUT2D eigenvalue weighted by molar-refractivity contribution is 0.0944. The third-order valence-electron chi connectivity index (χ3n) is 4.13. The van der Waals surface area contributed by atoms with Gasteiger partial charge in [-0.1, -0.05) is 12.1 Å². The van der Waals surface area contributed by atoms with Crippen molar-refractivity contribution < 1.29 is 19.0 Å². The summed E-state index contributed by atoms with van der Waals surface area (Å²) in [5.41, 5.74) is 2.13. The summed E-state index contributed by atoms with van der Waals surface area (Å²) >= 11 is 0. The molecule has 2 aromatic carbocycles. The third-order valence-corrected chi connectivity index (χ3v) is 4.13. The van der Waals surface area contributed by atoms with Crippen LogP contribution in [0.3, 0.4) is 0 Å². The number of ether oxygens (including phenoxy) is 1. The Bertz CT molecular complexity index is 745. The van der Waals surface area contributed by atoms with Crippen LogP contribution in [-0.2, 0) is 12.8 Å². The van der Waals surface area contributed by atoms with Crippen molar-refractivity contribution in [2.24, 2.45) is 0 Å². The van der Waals surface area contributed by atoms with Crippen LogP contribution in [-0.4, -0.2) is 29.8 Å². The van der Waals surface area contributed by atoms with Gasteiger partial charge in [-0.05, 0) is 48.4 Å². The first-order chi connectivity index (χ1) is 11.5. The molecule has 2 N–H and O–H groups in total. The van der Waals surface area contributed by atoms with E-state index in [1.165, 1.54) is 12.1 Å². The van der Waals surface area contributed by atoms with Crippen molar-refractivity contribution in [3.8, 4) is 5.75 Å². The Balaban J connectivity index is 1.73. The molecule has 0 aliphatic carbocycles. The molecule has 0 spiro atoms. The van der Waals surface area contributed by atoms with E-state index in [1.54, 1.807) is 24.3 Å². The van der Waals surface area contributed by atoms with Gasteiger partial charge < -0.3 is 15.2 Å². The average molecular weight is 329 g/mol. The Morgan fingerprint density at radius 2 is 2.04 bits per heavy atom. The van der Waals surface area contributed by atoms with Crippen LogP contribution in [0.5, 0.6) is 5.75 Å². The molecule has 1 aliphatic rings. The quantitative estimate of drug-likeness (QED) is 0.886. The molecule has 1 atom stereocenters. The number of carbonyl (C=O) groups excluding carboxylic acids is 1. The van der Waals surface area contributed by atoms with Gasteiger partial charge in [0.2, 0.25) is 0 Å². The predicted octanol–water partition coefficient (Wildman–Crippen LogP) is 2.48. The molecule has 5 heteroatoms. The second-order valence-corrected chi connectivity index (χ2v) is 6.33. The highest BCUT2D eigenvalue weighted by molar-refractivity contribution is 5.94. The Kier molecular flexibility index (Phi) is 4.53. The number of hydrogen-bond acceptors (Lipinski definition) is 3. The van der Waals surface area contributed by atoms with Crippen LogP contribution >= 0.6 is 0 Å². The van der Waals surface area contributed by atoms with Crippen molar-refractivity contribution in [2.45, 2.75) is 25.4 Å². The van der Waals surface area contributed by atoms with E-state index in [4.69, 9.17) is 9.84 Å². The minimum atomic E-state index is -0.416. The molecule has 1 unspecified atom stereocenters. The first-order valence-electron chi connectivity index (χ1n) is 7.94. The first-order valence-corrected chi connectivity index (χ1v) is 7.94. The molecule has 0 fully saturated rings. The van der Waals surface area contributed by atoms with Crippen molar-refractivity contribution in [3.63, 3.8) is 0 Å². The molecule has 3 rings (SSSR count). The standard InChI is InChI=1S/C19H20FNO3/c1-19(11-13-2-5-16(20)6-3-13)12-15-10-14(4-7-17(15)24-19)18(23)21-8-9-22/h2-7,10,22H,8-9,11-12H2,1H3,(H,21,23). The fourth-order valence-corrected chi connectivity index (χ4v) is 3.07. The van der Waals surface area contributed by atoms with Gasteiger partial charge in [-0.25, -0.2) is 4.39 Å². The molecular formula is C19H20FNO3. The zero-order chi connectivity index (χ0) is 17.2. The van der Waals surface area contributed by atoms with E-state index < -0.39 is 5.60 Å². The maximum absolute atomic E-state index is 13.0. The predicted molar refractivity (Wildman–Crippen MR) is 88.7 cm³/mol. The van der Waals surface area contributed by atoms with E-state index in [2.05, 4.69) is 5.32 Å². The second kappa shape index (κ2) is 6.61. The number of fused-ring (bicyclic) bond motifs is 1. The molecule has 0 radical (unpaired) electrons. The SMILES string of the molecule is CC1(Cc2ccc(F)cc2)Cc2cc(C(=O)NCCO)ccc2O1. The monoisotopic (exact) mass is 329 g/mol. The van der Waals surface area contributed by atoms with Gasteiger partial charge in [0.05, 0.1) is 6.61 Å². The van der Waals surface area contributed by atoms with Crippen molar-refractivity contribution >= 4 is 5.91 Å². The molecule has 0 aromatic heterocycles. The largest absolute Gasteiger partial charge is 0.487 e. The molecule has 0 saturated heterocycles. The van der Waals surface area contributed by atoms with Gasteiger partial charge in [-0.3, -0.25) is 4.79 Å². The third kappa shape index (κ3) is 3.57. The smallest absolute Gasteiger partial charge is 0.251 e. The minimum Gasteiger partial charge on any atom is -0.487 e. The number of aliphatic hydroxyl groups is 1. The maximum Gasteiger partial charge on any atom is 0.251 e. The summed E-state index contributed by atoms with van der Waals surface area (Å²) in [7, 11) is 0. The highest BCUT2D eigenvalue weighted by Gasteiger charge is 2.35. The molecule has 1 amide bonds. The van der Waals surface area contributed by atoms with Crippen LogP contribution in [0.15, 0.2) is 42.5 Å². The van der Waals surface area contributed by atoms with Gasteiger partial charge in [0.15, 0.2) is 0 Å². The van der Waals surface area contributed by atoms with Crippen LogP contribution in [0, 0.1) is 5.82 Å². The Morgan fingerprint density at radius 1 is 1.29 bits per heavy atom. The van der Waals surface area contributed by atoms with Crippen LogP contribution in [0.4, 0.5) is 4.39 Å². The van der Waals surface area contributed by atoms with Crippen LogP contribution in [0.1, 0.15) is 28.4 Å². The van der Waals surface area contributed by atoms with Crippen molar-refractivity contribution in [3.05, 3.63) is 65.0 Å². The second-order valence-electron chi connectivity index (χ2n) is 6.33. The zero-order valence-corrected chi connectivity index (χ0v) is 13.5. The van der Waals surface area contributed by atoms with Crippen molar-refractivity contribution in [2.75, 3.05) is 13.2 Å². The van der Waals surface area contributed by atoms with E-state index in [1.807, 2.05) is 13.0 Å². The first kappa shape index (κ1) is 16.5. The fraction of sp³-hybridized carbons (Fsp3) is 0.316. The van der Waals surface area contributed by atoms with E-state index in [0.29, 0.717) is 18.4 Å². The van der Waals surface area contributed by atoms with Crippen LogP contribution in [0.2, 0.25) is 0 Å². The van der Waals surface area contributed by atoms with Crippen molar-refractivity contribution in [1.82, 2.24) is 5.32 Å². The highest BCUT2D eigenvalue weighted by atomic mass is 19.1. The number of halogens is 1. The van der Waals surface area contributed by atoms with E-state index in [-0.39, 0.29) is 24.9 Å². The lowest BCUT2D eigenvalue weighted by Crippen LogP contribution is -2.32. The summed E-state index contributed by atoms with van der Waals surface area (Å²) in [5, 5.41) is 11.4. The van der Waals surface area contributed by atoms with Gasteiger partial charge in [0, 0.05) is 24.9 Å². The highest BCUT2D eigenvalue weighted by Crippen LogP contribution is 2.37. The summed E-state index contributed by atoms with van der Waals surface area (Å²) in [6.45, 7) is 2.16. The molecule has 126 valence electrons. The van der Waals surface area contributed by atoms with Gasteiger partial charge in [0.1, 0.15) is 17.2 Å². The topological polar surface area (TPSA) is 58.6 Å². The van der Waals surface area contributed by atoms with Gasteiger partial charge in [-0.15, -0.1) is 0 Å². The molecule has 4 nitrogen and oxygen atoms in total. The van der Waals surface area contributed by atoms with Gasteiger partial charge >= 0.3 is 0 Å².